The molecule has 8 nitrogen and oxygen atoms in total. The molecule has 4 heterocycles. The number of aromatic nitrogens is 2. The van der Waals surface area contributed by atoms with Crippen LogP contribution in [0.5, 0.6) is 5.75 Å². The fourth-order valence-corrected chi connectivity index (χ4v) is 8.61. The molecule has 2 aromatic heterocycles. The van der Waals surface area contributed by atoms with Crippen LogP contribution in [-0.4, -0.2) is 52.7 Å². The van der Waals surface area contributed by atoms with Crippen LogP contribution in [0.3, 0.4) is 0 Å². The lowest BCUT2D eigenvalue weighted by atomic mass is 9.76. The number of hydrogen-bond donors (Lipinski definition) is 1. The fraction of sp³-hybridized carbons (Fsp3) is 0.633. The highest BCUT2D eigenvalue weighted by atomic mass is 32.1. The molecule has 0 radical (unpaired) electrons. The first-order valence-electron chi connectivity index (χ1n) is 14.9. The number of benzene rings is 1. The maximum atomic E-state index is 14.0. The number of halogens is 3. The normalized spacial score (nSPS) is 28.0. The third kappa shape index (κ3) is 5.04. The number of thiazole rings is 1. The minimum atomic E-state index is -4.26. The van der Waals surface area contributed by atoms with Crippen LogP contribution < -0.4 is 9.64 Å². The maximum Gasteiger partial charge on any atom is 0.392 e. The van der Waals surface area contributed by atoms with Crippen molar-refractivity contribution in [3.8, 4) is 5.75 Å². The van der Waals surface area contributed by atoms with Gasteiger partial charge in [0.2, 0.25) is 0 Å². The second-order valence-electron chi connectivity index (χ2n) is 12.2. The smallest absolute Gasteiger partial charge is 0.392 e. The van der Waals surface area contributed by atoms with Gasteiger partial charge in [-0.2, -0.15) is 13.2 Å². The van der Waals surface area contributed by atoms with Crippen molar-refractivity contribution in [3.63, 3.8) is 0 Å². The van der Waals surface area contributed by atoms with Gasteiger partial charge in [0.1, 0.15) is 17.0 Å². The Morgan fingerprint density at radius 2 is 1.86 bits per heavy atom. The van der Waals surface area contributed by atoms with Crippen LogP contribution in [0.4, 0.5) is 18.3 Å². The molecule has 2 saturated heterocycles. The Morgan fingerprint density at radius 1 is 1.12 bits per heavy atom. The van der Waals surface area contributed by atoms with Gasteiger partial charge in [0, 0.05) is 29.5 Å². The summed E-state index contributed by atoms with van der Waals surface area (Å²) in [5.74, 6) is -1.68. The molecule has 2 bridgehead atoms. The maximum absolute atomic E-state index is 14.0. The van der Waals surface area contributed by atoms with Gasteiger partial charge in [-0.3, -0.25) is 0 Å². The van der Waals surface area contributed by atoms with Crippen molar-refractivity contribution in [3.05, 3.63) is 34.7 Å². The lowest BCUT2D eigenvalue weighted by molar-refractivity contribution is -0.187. The van der Waals surface area contributed by atoms with Gasteiger partial charge >= 0.3 is 12.1 Å². The standard InChI is InChI=1S/C30H34F3N3O5S/c1-39-23-10-16(28(37)38)11-24-26(23)34-29(42-24)36-17-8-9-18(36)13-19(12-17)40-14-21-25(35-41-27(21)15-6-7-15)20-4-2-3-5-22(20)30(31,32)33/h10-11,15,17-20,22H,2-9,12-14H2,1H3,(H,37,38)/t17-,18?,19?,20?,22?/m0/s1. The summed E-state index contributed by atoms with van der Waals surface area (Å²) >= 11 is 1.48. The van der Waals surface area contributed by atoms with Crippen LogP contribution in [0, 0.1) is 5.92 Å². The van der Waals surface area contributed by atoms with Crippen molar-refractivity contribution in [1.29, 1.82) is 0 Å². The number of aromatic carboxylic acids is 1. The van der Waals surface area contributed by atoms with Gasteiger partial charge in [0.05, 0.1) is 41.7 Å². The van der Waals surface area contributed by atoms with Crippen LogP contribution in [0.2, 0.25) is 0 Å². The molecule has 0 spiro atoms. The quantitative estimate of drug-likeness (QED) is 0.283. The first kappa shape index (κ1) is 27.9. The average molecular weight is 606 g/mol. The number of fused-ring (bicyclic) bond motifs is 3. The summed E-state index contributed by atoms with van der Waals surface area (Å²) in [5.41, 5.74) is 2.04. The number of alkyl halides is 3. The SMILES string of the molecule is COc1cc(C(=O)O)cc2sc(N3C4CC[C@H]3CC(OCc3c(C5CCCCC5C(F)(F)F)noc3C3CC3)C4)nc12. The van der Waals surface area contributed by atoms with E-state index in [1.54, 1.807) is 6.07 Å². The molecule has 2 aliphatic carbocycles. The Kier molecular flexibility index (Phi) is 7.11. The average Bonchev–Trinajstić information content (AvgIpc) is 3.48. The molecule has 42 heavy (non-hydrogen) atoms. The van der Waals surface area contributed by atoms with E-state index in [4.69, 9.17) is 19.0 Å². The number of carboxylic acid groups (broad SMARTS) is 1. The van der Waals surface area contributed by atoms with Gasteiger partial charge < -0.3 is 24.0 Å². The number of ether oxygens (including phenoxy) is 2. The summed E-state index contributed by atoms with van der Waals surface area (Å²) in [6.45, 7) is 0.228. The van der Waals surface area contributed by atoms with E-state index in [1.807, 2.05) is 0 Å². The zero-order valence-electron chi connectivity index (χ0n) is 23.4. The number of nitrogens with zero attached hydrogens (tertiary/aromatic N) is 3. The molecule has 2 aliphatic heterocycles. The van der Waals surface area contributed by atoms with E-state index in [0.717, 1.165) is 66.1 Å². The molecule has 226 valence electrons. The van der Waals surface area contributed by atoms with E-state index in [-0.39, 0.29) is 42.7 Å². The molecule has 1 aromatic carbocycles. The molecule has 12 heteroatoms. The van der Waals surface area contributed by atoms with E-state index in [1.165, 1.54) is 24.5 Å². The van der Waals surface area contributed by atoms with Crippen molar-refractivity contribution in [2.24, 2.45) is 5.92 Å². The molecule has 1 N–H and O–H groups in total. The van der Waals surface area contributed by atoms with Crippen LogP contribution in [0.15, 0.2) is 16.7 Å². The highest BCUT2D eigenvalue weighted by molar-refractivity contribution is 7.22. The number of anilines is 1. The Labute approximate surface area is 245 Å². The first-order valence-corrected chi connectivity index (χ1v) is 15.7. The molecule has 2 saturated carbocycles. The Hall–Kier alpha value is -2.86. The Morgan fingerprint density at radius 3 is 2.52 bits per heavy atom. The van der Waals surface area contributed by atoms with Gasteiger partial charge in [0.25, 0.3) is 0 Å². The van der Waals surface area contributed by atoms with Crippen molar-refractivity contribution < 1.29 is 37.1 Å². The van der Waals surface area contributed by atoms with Crippen LogP contribution >= 0.6 is 11.3 Å². The number of piperidine rings is 1. The topological polar surface area (TPSA) is 97.9 Å². The molecule has 7 rings (SSSR count). The van der Waals surface area contributed by atoms with E-state index < -0.39 is 24.0 Å². The molecular formula is C30H34F3N3O5S. The van der Waals surface area contributed by atoms with E-state index in [0.29, 0.717) is 29.8 Å². The molecule has 4 unspecified atom stereocenters. The predicted octanol–water partition coefficient (Wildman–Crippen LogP) is 7.42. The molecule has 4 aliphatic rings. The summed E-state index contributed by atoms with van der Waals surface area (Å²) < 4.78 is 60.3. The fourth-order valence-electron chi connectivity index (χ4n) is 7.44. The predicted molar refractivity (Wildman–Crippen MR) is 149 cm³/mol. The zero-order chi connectivity index (χ0) is 29.2. The van der Waals surface area contributed by atoms with Gasteiger partial charge in [-0.15, -0.1) is 0 Å². The van der Waals surface area contributed by atoms with Crippen LogP contribution in [0.1, 0.15) is 103 Å². The van der Waals surface area contributed by atoms with Crippen LogP contribution in [-0.2, 0) is 11.3 Å². The minimum Gasteiger partial charge on any atom is -0.494 e. The van der Waals surface area contributed by atoms with Crippen molar-refractivity contribution in [1.82, 2.24) is 10.1 Å². The Bertz CT molecular complexity index is 1470. The second-order valence-corrected chi connectivity index (χ2v) is 13.3. The third-order valence-corrected chi connectivity index (χ3v) is 10.6. The largest absolute Gasteiger partial charge is 0.494 e. The second kappa shape index (κ2) is 10.7. The Balaban J connectivity index is 1.09. The third-order valence-electron chi connectivity index (χ3n) is 9.62. The molecule has 4 fully saturated rings. The lowest BCUT2D eigenvalue weighted by Gasteiger charge is -2.38. The highest BCUT2D eigenvalue weighted by Gasteiger charge is 2.49. The molecule has 0 amide bonds. The van der Waals surface area contributed by atoms with Crippen molar-refractivity contribution in [2.75, 3.05) is 12.0 Å². The summed E-state index contributed by atoms with van der Waals surface area (Å²) in [5, 5.41) is 14.6. The molecule has 3 aromatic rings. The number of methoxy groups -OCH3 is 1. The lowest BCUT2D eigenvalue weighted by Crippen LogP contribution is -2.45. The number of rotatable bonds is 8. The monoisotopic (exact) mass is 605 g/mol. The number of hydrogen-bond acceptors (Lipinski definition) is 8. The van der Waals surface area contributed by atoms with Gasteiger partial charge in [-0.1, -0.05) is 29.3 Å². The van der Waals surface area contributed by atoms with Crippen molar-refractivity contribution in [2.45, 2.75) is 107 Å². The number of carbonyl (C=O) groups is 1. The highest BCUT2D eigenvalue weighted by Crippen LogP contribution is 2.50. The van der Waals surface area contributed by atoms with E-state index >= 15 is 0 Å². The number of carboxylic acids is 1. The zero-order valence-corrected chi connectivity index (χ0v) is 24.2. The molecular weight excluding hydrogens is 571 g/mol. The van der Waals surface area contributed by atoms with E-state index in [9.17, 15) is 23.1 Å². The minimum absolute atomic E-state index is 0.0270. The van der Waals surface area contributed by atoms with E-state index in [2.05, 4.69) is 10.1 Å². The van der Waals surface area contributed by atoms with Gasteiger partial charge in [-0.05, 0) is 63.5 Å². The first-order chi connectivity index (χ1) is 20.2. The summed E-state index contributed by atoms with van der Waals surface area (Å²) in [4.78, 5) is 18.8. The van der Waals surface area contributed by atoms with Crippen LogP contribution in [0.25, 0.3) is 10.2 Å². The summed E-state index contributed by atoms with van der Waals surface area (Å²) in [6, 6.07) is 3.58. The summed E-state index contributed by atoms with van der Waals surface area (Å²) in [6.07, 6.45) is 3.19. The van der Waals surface area contributed by atoms with Gasteiger partial charge in [0.15, 0.2) is 5.13 Å². The summed E-state index contributed by atoms with van der Waals surface area (Å²) in [7, 11) is 1.51. The molecule has 5 atom stereocenters. The van der Waals surface area contributed by atoms with Crippen molar-refractivity contribution >= 4 is 32.7 Å². The van der Waals surface area contributed by atoms with Gasteiger partial charge in [-0.25, -0.2) is 9.78 Å².